The van der Waals surface area contributed by atoms with Crippen molar-refractivity contribution in [3.05, 3.63) is 28.8 Å². The third-order valence-electron chi connectivity index (χ3n) is 1.61. The van der Waals surface area contributed by atoms with Crippen molar-refractivity contribution in [1.29, 1.82) is 0 Å². The summed E-state index contributed by atoms with van der Waals surface area (Å²) in [6, 6.07) is 4.11. The van der Waals surface area contributed by atoms with E-state index in [4.69, 9.17) is 11.6 Å². The Balaban J connectivity index is 2.95. The molecule has 0 saturated heterocycles. The molecule has 0 aliphatic carbocycles. The first-order valence-electron chi connectivity index (χ1n) is 3.74. The zero-order valence-corrected chi connectivity index (χ0v) is 7.86. The molecule has 14 heavy (non-hydrogen) atoms. The van der Waals surface area contributed by atoms with E-state index in [1.54, 1.807) is 0 Å². The van der Waals surface area contributed by atoms with Gasteiger partial charge in [0.15, 0.2) is 0 Å². The summed E-state index contributed by atoms with van der Waals surface area (Å²) >= 11 is 5.63. The van der Waals surface area contributed by atoms with E-state index in [1.807, 2.05) is 0 Å². The first kappa shape index (κ1) is 11.0. The molecule has 5 heteroatoms. The minimum atomic E-state index is -4.24. The molecular weight excluding hydrogens is 215 g/mol. The van der Waals surface area contributed by atoms with Crippen LogP contribution < -0.4 is 0 Å². The lowest BCUT2D eigenvalue weighted by Gasteiger charge is -2.08. The van der Waals surface area contributed by atoms with Gasteiger partial charge in [0.1, 0.15) is 0 Å². The van der Waals surface area contributed by atoms with E-state index < -0.39 is 12.6 Å². The van der Waals surface area contributed by atoms with Gasteiger partial charge in [-0.2, -0.15) is 13.2 Å². The van der Waals surface area contributed by atoms with Crippen molar-refractivity contribution in [3.63, 3.8) is 0 Å². The number of nitrogens with zero attached hydrogens (tertiary/aromatic N) is 1. The van der Waals surface area contributed by atoms with Crippen LogP contribution in [0.4, 0.5) is 18.9 Å². The molecule has 0 radical (unpaired) electrons. The van der Waals surface area contributed by atoms with Crippen molar-refractivity contribution in [2.24, 2.45) is 4.99 Å². The van der Waals surface area contributed by atoms with Crippen LogP contribution in [0.15, 0.2) is 23.2 Å². The molecule has 0 aliphatic rings. The molecule has 0 bridgehead atoms. The third kappa shape index (κ3) is 3.03. The second-order valence-corrected chi connectivity index (χ2v) is 3.13. The molecule has 1 nitrogen and oxygen atoms in total. The Kier molecular flexibility index (Phi) is 3.16. The van der Waals surface area contributed by atoms with Crippen LogP contribution in [0.2, 0.25) is 5.02 Å². The van der Waals surface area contributed by atoms with Crippen molar-refractivity contribution in [2.75, 3.05) is 0 Å². The molecule has 76 valence electrons. The summed E-state index contributed by atoms with van der Waals surface area (Å²) in [5.74, 6) is 0. The molecule has 0 N–H and O–H groups in total. The van der Waals surface area contributed by atoms with Crippen LogP contribution in [0.1, 0.15) is 5.56 Å². The van der Waals surface area contributed by atoms with Gasteiger partial charge in [0, 0.05) is 5.02 Å². The van der Waals surface area contributed by atoms with Gasteiger partial charge in [-0.3, -0.25) is 4.99 Å². The number of alkyl halides is 3. The fourth-order valence-corrected chi connectivity index (χ4v) is 1.24. The van der Waals surface area contributed by atoms with E-state index in [2.05, 4.69) is 11.7 Å². The summed E-state index contributed by atoms with van der Waals surface area (Å²) in [6.07, 6.45) is -5.27. The van der Waals surface area contributed by atoms with E-state index in [9.17, 15) is 13.2 Å². The molecule has 0 aromatic heterocycles. The summed E-state index contributed by atoms with van der Waals surface area (Å²) < 4.78 is 36.0. The standard InChI is InChI=1S/C9H7ClF3N/c1-14-7-3-2-6(8(10)4-7)5-9(11,12)13/h2-4H,1,5H2. The van der Waals surface area contributed by atoms with Crippen LogP contribution in [-0.2, 0) is 6.42 Å². The predicted molar refractivity (Wildman–Crippen MR) is 50.4 cm³/mol. The van der Waals surface area contributed by atoms with E-state index >= 15 is 0 Å². The normalized spacial score (nSPS) is 11.4. The molecule has 1 aromatic rings. The number of hydrogen-bond donors (Lipinski definition) is 0. The predicted octanol–water partition coefficient (Wildman–Crippen LogP) is 3.78. The molecule has 0 unspecified atom stereocenters. The Morgan fingerprint density at radius 3 is 2.43 bits per heavy atom. The lowest BCUT2D eigenvalue weighted by atomic mass is 10.1. The Morgan fingerprint density at radius 1 is 1.36 bits per heavy atom. The Morgan fingerprint density at radius 2 is 2.00 bits per heavy atom. The zero-order valence-electron chi connectivity index (χ0n) is 7.11. The first-order chi connectivity index (χ1) is 6.42. The van der Waals surface area contributed by atoms with Crippen LogP contribution >= 0.6 is 11.6 Å². The maximum atomic E-state index is 12.0. The molecule has 0 aliphatic heterocycles. The van der Waals surface area contributed by atoms with Crippen LogP contribution in [0.5, 0.6) is 0 Å². The van der Waals surface area contributed by atoms with Crippen molar-refractivity contribution < 1.29 is 13.2 Å². The Hall–Kier alpha value is -1.03. The summed E-state index contributed by atoms with van der Waals surface area (Å²) in [4.78, 5) is 3.55. The smallest absolute Gasteiger partial charge is 0.265 e. The molecule has 0 saturated carbocycles. The highest BCUT2D eigenvalue weighted by Crippen LogP contribution is 2.28. The quantitative estimate of drug-likeness (QED) is 0.674. The SMILES string of the molecule is C=Nc1ccc(CC(F)(F)F)c(Cl)c1. The van der Waals surface area contributed by atoms with Crippen molar-refractivity contribution in [1.82, 2.24) is 0 Å². The van der Waals surface area contributed by atoms with Gasteiger partial charge in [0.25, 0.3) is 0 Å². The van der Waals surface area contributed by atoms with Crippen molar-refractivity contribution >= 4 is 24.0 Å². The number of hydrogen-bond acceptors (Lipinski definition) is 1. The first-order valence-corrected chi connectivity index (χ1v) is 4.12. The number of benzene rings is 1. The Bertz CT molecular complexity index is 346. The van der Waals surface area contributed by atoms with E-state index in [0.717, 1.165) is 0 Å². The highest BCUT2D eigenvalue weighted by Gasteiger charge is 2.28. The van der Waals surface area contributed by atoms with Gasteiger partial charge >= 0.3 is 6.18 Å². The number of halogens is 4. The summed E-state index contributed by atoms with van der Waals surface area (Å²) in [7, 11) is 0. The van der Waals surface area contributed by atoms with E-state index in [-0.39, 0.29) is 10.6 Å². The molecular formula is C9H7ClF3N. The summed E-state index contributed by atoms with van der Waals surface area (Å²) in [5, 5.41) is 0.0622. The molecule has 0 amide bonds. The van der Waals surface area contributed by atoms with E-state index in [1.165, 1.54) is 18.2 Å². The highest BCUT2D eigenvalue weighted by atomic mass is 35.5. The maximum absolute atomic E-state index is 12.0. The average Bonchev–Trinajstić information content (AvgIpc) is 2.06. The number of rotatable bonds is 2. The molecule has 1 aromatic carbocycles. The molecule has 0 heterocycles. The topological polar surface area (TPSA) is 12.4 Å². The lowest BCUT2D eigenvalue weighted by Crippen LogP contribution is -2.11. The second-order valence-electron chi connectivity index (χ2n) is 2.73. The molecule has 0 atom stereocenters. The van der Waals surface area contributed by atoms with Crippen molar-refractivity contribution in [3.8, 4) is 0 Å². The van der Waals surface area contributed by atoms with Crippen LogP contribution in [0, 0.1) is 0 Å². The van der Waals surface area contributed by atoms with Gasteiger partial charge in [-0.1, -0.05) is 17.7 Å². The van der Waals surface area contributed by atoms with Gasteiger partial charge in [0.05, 0.1) is 12.1 Å². The number of aliphatic imine (C=N–C) groups is 1. The monoisotopic (exact) mass is 221 g/mol. The highest BCUT2D eigenvalue weighted by molar-refractivity contribution is 6.31. The van der Waals surface area contributed by atoms with Crippen molar-refractivity contribution in [2.45, 2.75) is 12.6 Å². The fourth-order valence-electron chi connectivity index (χ4n) is 0.994. The van der Waals surface area contributed by atoms with Crippen LogP contribution in [0.3, 0.4) is 0 Å². The lowest BCUT2D eigenvalue weighted by molar-refractivity contribution is -0.127. The van der Waals surface area contributed by atoms with Gasteiger partial charge < -0.3 is 0 Å². The average molecular weight is 222 g/mol. The third-order valence-corrected chi connectivity index (χ3v) is 1.96. The maximum Gasteiger partial charge on any atom is 0.393 e. The Labute approximate surface area is 84.2 Å². The summed E-state index contributed by atoms with van der Waals surface area (Å²) in [6.45, 7) is 3.25. The fraction of sp³-hybridized carbons (Fsp3) is 0.222. The minimum Gasteiger partial charge on any atom is -0.265 e. The molecule has 0 spiro atoms. The largest absolute Gasteiger partial charge is 0.393 e. The second kappa shape index (κ2) is 4.00. The van der Waals surface area contributed by atoms with Crippen LogP contribution in [-0.4, -0.2) is 12.9 Å². The van der Waals surface area contributed by atoms with Crippen LogP contribution in [0.25, 0.3) is 0 Å². The van der Waals surface area contributed by atoms with Gasteiger partial charge in [0.2, 0.25) is 0 Å². The minimum absolute atomic E-state index is 0.0477. The zero-order chi connectivity index (χ0) is 10.8. The van der Waals surface area contributed by atoms with Gasteiger partial charge in [-0.15, -0.1) is 0 Å². The molecule has 0 fully saturated rings. The summed E-state index contributed by atoms with van der Waals surface area (Å²) in [5.41, 5.74) is 0.507. The molecule has 1 rings (SSSR count). The van der Waals surface area contributed by atoms with Gasteiger partial charge in [-0.25, -0.2) is 0 Å². The van der Waals surface area contributed by atoms with Gasteiger partial charge in [-0.05, 0) is 24.4 Å². The van der Waals surface area contributed by atoms with E-state index in [0.29, 0.717) is 5.69 Å².